The normalized spacial score (nSPS) is 25.6. The van der Waals surface area contributed by atoms with Crippen molar-refractivity contribution in [2.24, 2.45) is 17.8 Å². The molecule has 6 nitrogen and oxygen atoms in total. The Morgan fingerprint density at radius 2 is 2.02 bits per heavy atom. The lowest BCUT2D eigenvalue weighted by Crippen LogP contribution is -2.48. The number of nitrogens with zero attached hydrogens (tertiary/aromatic N) is 1. The lowest BCUT2D eigenvalue weighted by atomic mass is 9.69. The van der Waals surface area contributed by atoms with Crippen molar-refractivity contribution >= 4 is 34.2 Å². The number of amides is 1. The van der Waals surface area contributed by atoms with E-state index < -0.39 is 11.0 Å². The molecule has 0 radical (unpaired) electrons. The van der Waals surface area contributed by atoms with Gasteiger partial charge in [-0.05, 0) is 111 Å². The van der Waals surface area contributed by atoms with Crippen molar-refractivity contribution < 1.29 is 18.8 Å². The number of halogens is 1. The van der Waals surface area contributed by atoms with Crippen molar-refractivity contribution in [3.8, 4) is 5.75 Å². The maximum atomic E-state index is 13.3. The third-order valence-electron chi connectivity index (χ3n) is 9.91. The molecule has 0 bridgehead atoms. The van der Waals surface area contributed by atoms with Crippen LogP contribution in [0, 0.1) is 17.8 Å². The molecular formula is C33H45ClN2O4S. The van der Waals surface area contributed by atoms with E-state index in [1.807, 2.05) is 25.1 Å². The number of ether oxygens (including phenoxy) is 1. The molecule has 5 unspecified atom stereocenters. The number of anilines is 1. The van der Waals surface area contributed by atoms with Crippen molar-refractivity contribution in [2.45, 2.75) is 82.8 Å². The fourth-order valence-electron chi connectivity index (χ4n) is 7.11. The molecule has 5 rings (SSSR count). The zero-order valence-corrected chi connectivity index (χ0v) is 26.2. The van der Waals surface area contributed by atoms with Crippen LogP contribution in [0.4, 0.5) is 5.69 Å². The molecule has 1 saturated carbocycles. The Balaban J connectivity index is 1.45. The van der Waals surface area contributed by atoms with Gasteiger partial charge in [0, 0.05) is 35.7 Å². The molecular weight excluding hydrogens is 556 g/mol. The molecule has 1 heterocycles. The van der Waals surface area contributed by atoms with Crippen LogP contribution in [-0.4, -0.2) is 46.8 Å². The van der Waals surface area contributed by atoms with Crippen LogP contribution in [0.2, 0.25) is 5.02 Å². The van der Waals surface area contributed by atoms with Crippen LogP contribution in [0.3, 0.4) is 0 Å². The van der Waals surface area contributed by atoms with E-state index in [9.17, 15) is 14.1 Å². The summed E-state index contributed by atoms with van der Waals surface area (Å²) >= 11 is 6.39. The quantitative estimate of drug-likeness (QED) is 0.328. The summed E-state index contributed by atoms with van der Waals surface area (Å²) in [7, 11) is -1.46. The van der Waals surface area contributed by atoms with Gasteiger partial charge in [0.2, 0.25) is 0 Å². The molecule has 2 aromatic carbocycles. The third-order valence-corrected chi connectivity index (χ3v) is 11.7. The third kappa shape index (κ3) is 6.47. The predicted molar refractivity (Wildman–Crippen MR) is 167 cm³/mol. The van der Waals surface area contributed by atoms with E-state index in [0.717, 1.165) is 80.9 Å². The molecule has 1 fully saturated rings. The molecule has 3 aliphatic rings. The van der Waals surface area contributed by atoms with Gasteiger partial charge in [-0.3, -0.25) is 9.52 Å². The number of fused-ring (bicyclic) bond motifs is 3. The molecule has 6 atom stereocenters. The van der Waals surface area contributed by atoms with Crippen LogP contribution < -0.4 is 14.4 Å². The molecule has 1 amide bonds. The Kier molecular flexibility index (Phi) is 9.67. The van der Waals surface area contributed by atoms with E-state index >= 15 is 0 Å². The smallest absolute Gasteiger partial charge is 0.263 e. The second-order valence-corrected chi connectivity index (χ2v) is 14.6. The van der Waals surface area contributed by atoms with Gasteiger partial charge in [0.05, 0.1) is 17.5 Å². The van der Waals surface area contributed by atoms with Crippen molar-refractivity contribution in [3.05, 3.63) is 58.1 Å². The molecule has 8 heteroatoms. The number of aryl methyl sites for hydroxylation is 1. The van der Waals surface area contributed by atoms with E-state index in [4.69, 9.17) is 16.3 Å². The summed E-state index contributed by atoms with van der Waals surface area (Å²) in [6.07, 6.45) is 8.24. The average Bonchev–Trinajstić information content (AvgIpc) is 3.10. The van der Waals surface area contributed by atoms with Crippen LogP contribution in [0.5, 0.6) is 5.75 Å². The maximum Gasteiger partial charge on any atom is 0.263 e. The van der Waals surface area contributed by atoms with Crippen LogP contribution in [0.25, 0.3) is 0 Å². The first kappa shape index (κ1) is 30.4. The van der Waals surface area contributed by atoms with Crippen LogP contribution >= 0.6 is 11.6 Å². The minimum Gasteiger partial charge on any atom is -0.490 e. The highest BCUT2D eigenvalue weighted by Gasteiger charge is 2.43. The van der Waals surface area contributed by atoms with Crippen molar-refractivity contribution in [2.75, 3.05) is 31.2 Å². The lowest BCUT2D eigenvalue weighted by molar-refractivity contribution is 0.0982. The van der Waals surface area contributed by atoms with E-state index in [2.05, 4.69) is 35.6 Å². The van der Waals surface area contributed by atoms with E-state index in [1.54, 1.807) is 6.07 Å². The van der Waals surface area contributed by atoms with Gasteiger partial charge in [-0.2, -0.15) is 0 Å². The number of aliphatic hydroxyl groups excluding tert-OH is 1. The highest BCUT2D eigenvalue weighted by atomic mass is 35.5. The number of hydrogen-bond acceptors (Lipinski definition) is 5. The number of carbonyl (C=O) groups excluding carboxylic acids is 1. The number of hydrogen-bond donors (Lipinski definition) is 2. The first-order valence-electron chi connectivity index (χ1n) is 15.4. The van der Waals surface area contributed by atoms with E-state index in [-0.39, 0.29) is 29.1 Å². The molecule has 2 aliphatic carbocycles. The van der Waals surface area contributed by atoms with Crippen molar-refractivity contribution in [1.29, 1.82) is 0 Å². The summed E-state index contributed by atoms with van der Waals surface area (Å²) in [6, 6.07) is 11.9. The van der Waals surface area contributed by atoms with Gasteiger partial charge in [0.25, 0.3) is 5.91 Å². The second kappa shape index (κ2) is 13.0. The number of benzene rings is 2. The Bertz CT molecular complexity index is 1270. The second-order valence-electron chi connectivity index (χ2n) is 12.6. The number of aliphatic hydroxyl groups is 1. The highest BCUT2D eigenvalue weighted by molar-refractivity contribution is 7.84. The molecule has 2 N–H and O–H groups in total. The van der Waals surface area contributed by atoms with Gasteiger partial charge < -0.3 is 14.7 Å². The summed E-state index contributed by atoms with van der Waals surface area (Å²) in [5, 5.41) is 10.3. The molecule has 0 aromatic heterocycles. The monoisotopic (exact) mass is 600 g/mol. The van der Waals surface area contributed by atoms with Gasteiger partial charge in [-0.1, -0.05) is 37.9 Å². The molecule has 1 aliphatic heterocycles. The zero-order valence-electron chi connectivity index (χ0n) is 24.7. The van der Waals surface area contributed by atoms with Gasteiger partial charge in [-0.15, -0.1) is 0 Å². The van der Waals surface area contributed by atoms with Gasteiger partial charge in [-0.25, -0.2) is 4.21 Å². The van der Waals surface area contributed by atoms with Crippen LogP contribution in [0.1, 0.15) is 87.2 Å². The average molecular weight is 601 g/mol. The van der Waals surface area contributed by atoms with E-state index in [0.29, 0.717) is 24.0 Å². The van der Waals surface area contributed by atoms with Gasteiger partial charge >= 0.3 is 0 Å². The Morgan fingerprint density at radius 3 is 2.76 bits per heavy atom. The summed E-state index contributed by atoms with van der Waals surface area (Å²) in [6.45, 7) is 8.59. The van der Waals surface area contributed by atoms with Crippen molar-refractivity contribution in [3.63, 3.8) is 0 Å². The SMILES string of the molecule is CCCC(C)C(C)S(=O)NC(=O)c1ccc2c(c1)N(CC1CCC1CCO)C[C@@]1(CCCc3cc(Cl)ccc31)CO2. The predicted octanol–water partition coefficient (Wildman–Crippen LogP) is 6.44. The number of carbonyl (C=O) groups is 1. The molecule has 0 saturated heterocycles. The topological polar surface area (TPSA) is 78.9 Å². The standard InChI is InChI=1S/C33H45ClN2O4S/c1-4-6-22(2)23(3)41(39)35-32(38)26-10-13-31-30(18-26)36(19-27-9-8-24(27)14-16-37)20-33(21-40-31)15-5-7-25-17-28(34)11-12-29(25)33/h10-13,17-18,22-24,27,37H,4-9,14-16,19-21H2,1-3H3,(H,35,38)/t22?,23?,24?,27?,33-,41?/m0/s1. The van der Waals surface area contributed by atoms with Crippen LogP contribution in [0.15, 0.2) is 36.4 Å². The minimum absolute atomic E-state index is 0.124. The summed E-state index contributed by atoms with van der Waals surface area (Å²) < 4.78 is 22.3. The van der Waals surface area contributed by atoms with Crippen molar-refractivity contribution in [1.82, 2.24) is 4.72 Å². The molecule has 224 valence electrons. The largest absolute Gasteiger partial charge is 0.490 e. The maximum absolute atomic E-state index is 13.3. The fraction of sp³-hybridized carbons (Fsp3) is 0.606. The minimum atomic E-state index is -1.46. The fourth-order valence-corrected chi connectivity index (χ4v) is 8.35. The summed E-state index contributed by atoms with van der Waals surface area (Å²) in [5.41, 5.74) is 3.85. The Labute approximate surface area is 252 Å². The van der Waals surface area contributed by atoms with Gasteiger partial charge in [0.15, 0.2) is 0 Å². The number of nitrogens with one attached hydrogen (secondary N) is 1. The first-order valence-corrected chi connectivity index (χ1v) is 17.0. The van der Waals surface area contributed by atoms with E-state index in [1.165, 1.54) is 11.1 Å². The molecule has 2 aromatic rings. The summed E-state index contributed by atoms with van der Waals surface area (Å²) in [5.74, 6) is 1.73. The lowest BCUT2D eigenvalue weighted by Gasteiger charge is -2.44. The zero-order chi connectivity index (χ0) is 29.1. The Morgan fingerprint density at radius 1 is 1.22 bits per heavy atom. The van der Waals surface area contributed by atoms with Gasteiger partial charge in [0.1, 0.15) is 16.7 Å². The summed E-state index contributed by atoms with van der Waals surface area (Å²) in [4.78, 5) is 15.8. The van der Waals surface area contributed by atoms with Crippen LogP contribution in [-0.2, 0) is 22.8 Å². The highest BCUT2D eigenvalue weighted by Crippen LogP contribution is 2.46. The first-order chi connectivity index (χ1) is 19.7. The molecule has 1 spiro atoms. The Hall–Kier alpha value is -2.09. The number of rotatable bonds is 10. The molecule has 41 heavy (non-hydrogen) atoms.